The van der Waals surface area contributed by atoms with Crippen LogP contribution in [0.5, 0.6) is 5.75 Å². The number of aromatic nitrogens is 2. The molecule has 3 aromatic rings. The lowest BCUT2D eigenvalue weighted by Gasteiger charge is -2.12. The molecule has 30 heavy (non-hydrogen) atoms. The second kappa shape index (κ2) is 9.60. The van der Waals surface area contributed by atoms with Gasteiger partial charge in [-0.15, -0.1) is 0 Å². The molecule has 0 spiro atoms. The van der Waals surface area contributed by atoms with Crippen LogP contribution in [0.15, 0.2) is 48.7 Å². The molecule has 5 nitrogen and oxygen atoms in total. The number of anilines is 1. The molecule has 1 aliphatic heterocycles. The lowest BCUT2D eigenvalue weighted by molar-refractivity contribution is 0.277. The first-order valence-electron chi connectivity index (χ1n) is 9.75. The average molecular weight is 447 g/mol. The molecule has 8 heteroatoms. The number of rotatable bonds is 7. The quantitative estimate of drug-likeness (QED) is 0.513. The molecule has 1 saturated heterocycles. The Morgan fingerprint density at radius 3 is 2.73 bits per heavy atom. The van der Waals surface area contributed by atoms with Crippen molar-refractivity contribution in [1.29, 1.82) is 0 Å². The van der Waals surface area contributed by atoms with Gasteiger partial charge in [-0.2, -0.15) is 0 Å². The minimum Gasteiger partial charge on any atom is -0.492 e. The predicted molar refractivity (Wildman–Crippen MR) is 118 cm³/mol. The molecule has 1 aromatic heterocycles. The first-order valence-corrected chi connectivity index (χ1v) is 10.5. The zero-order chi connectivity index (χ0) is 20.9. The van der Waals surface area contributed by atoms with E-state index < -0.39 is 0 Å². The molecule has 0 bridgehead atoms. The molecule has 156 valence electrons. The highest BCUT2D eigenvalue weighted by Crippen LogP contribution is 2.25. The van der Waals surface area contributed by atoms with Gasteiger partial charge in [0.1, 0.15) is 29.0 Å². The van der Waals surface area contributed by atoms with Crippen molar-refractivity contribution in [3.05, 3.63) is 70.1 Å². The van der Waals surface area contributed by atoms with Crippen LogP contribution >= 0.6 is 23.2 Å². The summed E-state index contributed by atoms with van der Waals surface area (Å²) in [5, 5.41) is 7.19. The lowest BCUT2D eigenvalue weighted by atomic mass is 10.2. The van der Waals surface area contributed by atoms with Gasteiger partial charge < -0.3 is 15.4 Å². The van der Waals surface area contributed by atoms with Gasteiger partial charge in [-0.3, -0.25) is 0 Å². The van der Waals surface area contributed by atoms with Crippen molar-refractivity contribution >= 4 is 29.0 Å². The fraction of sp³-hybridized carbons (Fsp3) is 0.273. The Morgan fingerprint density at radius 2 is 2.00 bits per heavy atom. The molecule has 0 unspecified atom stereocenters. The highest BCUT2D eigenvalue weighted by atomic mass is 35.5. The van der Waals surface area contributed by atoms with E-state index in [9.17, 15) is 4.39 Å². The number of nitrogens with zero attached hydrogens (tertiary/aromatic N) is 2. The van der Waals surface area contributed by atoms with E-state index in [0.29, 0.717) is 39.9 Å². The summed E-state index contributed by atoms with van der Waals surface area (Å²) in [7, 11) is 0. The molecule has 2 aromatic carbocycles. The second-order valence-electron chi connectivity index (χ2n) is 7.11. The number of halogens is 3. The van der Waals surface area contributed by atoms with E-state index in [4.69, 9.17) is 27.9 Å². The fourth-order valence-corrected chi connectivity index (χ4v) is 3.59. The Hall–Kier alpha value is -2.41. The molecule has 2 heterocycles. The van der Waals surface area contributed by atoms with Crippen LogP contribution < -0.4 is 15.4 Å². The van der Waals surface area contributed by atoms with E-state index in [1.54, 1.807) is 12.1 Å². The van der Waals surface area contributed by atoms with Gasteiger partial charge in [0.15, 0.2) is 5.82 Å². The average Bonchev–Trinajstić information content (AvgIpc) is 3.27. The molecular weight excluding hydrogens is 426 g/mol. The molecule has 1 aliphatic rings. The Bertz CT molecular complexity index is 1010. The summed E-state index contributed by atoms with van der Waals surface area (Å²) >= 11 is 12.0. The van der Waals surface area contributed by atoms with Crippen molar-refractivity contribution < 1.29 is 9.13 Å². The van der Waals surface area contributed by atoms with Crippen LogP contribution in [-0.4, -0.2) is 29.2 Å². The summed E-state index contributed by atoms with van der Waals surface area (Å²) in [4.78, 5) is 8.80. The third-order valence-corrected chi connectivity index (χ3v) is 5.44. The summed E-state index contributed by atoms with van der Waals surface area (Å²) < 4.78 is 19.8. The third kappa shape index (κ3) is 5.19. The maximum Gasteiger partial charge on any atom is 0.161 e. The number of hydrogen-bond donors (Lipinski definition) is 2. The van der Waals surface area contributed by atoms with Crippen molar-refractivity contribution in [1.82, 2.24) is 15.3 Å². The summed E-state index contributed by atoms with van der Waals surface area (Å²) in [6.45, 7) is 1.94. The first-order chi connectivity index (χ1) is 14.6. The molecule has 2 N–H and O–H groups in total. The number of nitrogens with one attached hydrogen (secondary N) is 2. The minimum atomic E-state index is -0.385. The van der Waals surface area contributed by atoms with Crippen LogP contribution in [0.3, 0.4) is 0 Å². The molecule has 4 rings (SSSR count). The second-order valence-corrected chi connectivity index (χ2v) is 7.95. The van der Waals surface area contributed by atoms with Gasteiger partial charge in [0.25, 0.3) is 0 Å². The van der Waals surface area contributed by atoms with Crippen molar-refractivity contribution in [2.75, 3.05) is 18.5 Å². The van der Waals surface area contributed by atoms with Gasteiger partial charge >= 0.3 is 0 Å². The number of hydrogen-bond acceptors (Lipinski definition) is 5. The number of benzene rings is 2. The smallest absolute Gasteiger partial charge is 0.161 e. The van der Waals surface area contributed by atoms with Crippen LogP contribution in [0.2, 0.25) is 10.0 Å². The zero-order valence-corrected chi connectivity index (χ0v) is 17.7. The highest BCUT2D eigenvalue weighted by molar-refractivity contribution is 6.32. The normalized spacial score (nSPS) is 15.9. The van der Waals surface area contributed by atoms with Gasteiger partial charge in [0.2, 0.25) is 0 Å². The van der Waals surface area contributed by atoms with E-state index in [1.165, 1.54) is 18.7 Å². The van der Waals surface area contributed by atoms with Crippen molar-refractivity contribution in [3.63, 3.8) is 0 Å². The molecule has 1 fully saturated rings. The van der Waals surface area contributed by atoms with Crippen molar-refractivity contribution in [3.8, 4) is 17.1 Å². The molecule has 1 atom stereocenters. The van der Waals surface area contributed by atoms with Gasteiger partial charge in [-0.25, -0.2) is 14.4 Å². The van der Waals surface area contributed by atoms with Gasteiger partial charge in [0.05, 0.1) is 6.20 Å². The fourth-order valence-electron chi connectivity index (χ4n) is 3.27. The molecular formula is C22H21Cl2FN4O. The Balaban J connectivity index is 1.42. The van der Waals surface area contributed by atoms with E-state index in [1.807, 2.05) is 24.3 Å². The van der Waals surface area contributed by atoms with Crippen LogP contribution in [0, 0.1) is 5.82 Å². The van der Waals surface area contributed by atoms with Gasteiger partial charge in [-0.1, -0.05) is 29.3 Å². The molecule has 0 aliphatic carbocycles. The first kappa shape index (κ1) is 20.8. The molecule has 0 saturated carbocycles. The Labute approximate surface area is 184 Å². The summed E-state index contributed by atoms with van der Waals surface area (Å²) in [5.74, 6) is 1.37. The maximum atomic E-state index is 14.0. The predicted octanol–water partition coefficient (Wildman–Crippen LogP) is 5.33. The van der Waals surface area contributed by atoms with E-state index in [0.717, 1.165) is 24.3 Å². The minimum absolute atomic E-state index is 0.223. The van der Waals surface area contributed by atoms with Gasteiger partial charge in [0, 0.05) is 28.7 Å². The number of ether oxygens (including phenoxy) is 1. The van der Waals surface area contributed by atoms with Crippen LogP contribution in [0.1, 0.15) is 18.4 Å². The summed E-state index contributed by atoms with van der Waals surface area (Å²) in [6.07, 6.45) is 3.87. The molecule has 0 amide bonds. The Kier molecular flexibility index (Phi) is 6.67. The van der Waals surface area contributed by atoms with E-state index in [-0.39, 0.29) is 12.4 Å². The zero-order valence-electron chi connectivity index (χ0n) is 16.2. The van der Waals surface area contributed by atoms with E-state index >= 15 is 0 Å². The van der Waals surface area contributed by atoms with Crippen molar-refractivity contribution in [2.45, 2.75) is 25.4 Å². The van der Waals surface area contributed by atoms with Crippen LogP contribution in [0.25, 0.3) is 11.4 Å². The largest absolute Gasteiger partial charge is 0.492 e. The highest BCUT2D eigenvalue weighted by Gasteiger charge is 2.14. The van der Waals surface area contributed by atoms with Crippen LogP contribution in [-0.2, 0) is 6.54 Å². The monoisotopic (exact) mass is 446 g/mol. The van der Waals surface area contributed by atoms with E-state index in [2.05, 4.69) is 20.6 Å². The topological polar surface area (TPSA) is 59.1 Å². The summed E-state index contributed by atoms with van der Waals surface area (Å²) in [6, 6.07) is 12.6. The SMILES string of the molecule is Fc1cc(Cl)ccc1CNc1nc(-c2ccc(OC[C@@H]3CCCN3)cc2)ncc1Cl. The van der Waals surface area contributed by atoms with Gasteiger partial charge in [-0.05, 0) is 55.8 Å². The van der Waals surface area contributed by atoms with Crippen molar-refractivity contribution in [2.24, 2.45) is 0 Å². The molecule has 0 radical (unpaired) electrons. The third-order valence-electron chi connectivity index (χ3n) is 4.93. The van der Waals surface area contributed by atoms with Crippen LogP contribution in [0.4, 0.5) is 10.2 Å². The maximum absolute atomic E-state index is 14.0. The standard InChI is InChI=1S/C22H21Cl2FN4O/c23-16-6-3-15(20(25)10-16)11-27-22-19(24)12-28-21(29-22)14-4-7-18(8-5-14)30-13-17-2-1-9-26-17/h3-8,10,12,17,26H,1-2,9,11,13H2,(H,27,28,29)/t17-/m0/s1. The Morgan fingerprint density at radius 1 is 1.17 bits per heavy atom. The lowest BCUT2D eigenvalue weighted by Crippen LogP contribution is -2.28. The summed E-state index contributed by atoms with van der Waals surface area (Å²) in [5.41, 5.74) is 1.30.